The summed E-state index contributed by atoms with van der Waals surface area (Å²) in [6.07, 6.45) is -1.00. The number of benzene rings is 3. The number of hydrogen-bond acceptors (Lipinski definition) is 4. The van der Waals surface area contributed by atoms with Crippen LogP contribution >= 0.6 is 0 Å². The van der Waals surface area contributed by atoms with Crippen molar-refractivity contribution in [1.82, 2.24) is 10.2 Å². The van der Waals surface area contributed by atoms with Gasteiger partial charge >= 0.3 is 6.03 Å². The first-order valence-corrected chi connectivity index (χ1v) is 9.88. The zero-order valence-electron chi connectivity index (χ0n) is 17.0. The number of hydrogen-bond donors (Lipinski definition) is 2. The summed E-state index contributed by atoms with van der Waals surface area (Å²) in [6.45, 7) is 3.50. The fraction of sp³-hybridized carbons (Fsp3) is 0.250. The third-order valence-corrected chi connectivity index (χ3v) is 5.46. The second-order valence-electron chi connectivity index (χ2n) is 7.81. The fourth-order valence-corrected chi connectivity index (χ4v) is 3.65. The number of aliphatic hydroxyl groups excluding tert-OH is 1. The quantitative estimate of drug-likeness (QED) is 0.618. The van der Waals surface area contributed by atoms with E-state index in [0.717, 1.165) is 21.2 Å². The molecule has 3 amide bonds. The number of urea groups is 1. The number of aliphatic hydroxyl groups is 1. The molecule has 3 aromatic rings. The minimum Gasteiger partial charge on any atom is -0.491 e. The van der Waals surface area contributed by atoms with Crippen molar-refractivity contribution in [3.63, 3.8) is 0 Å². The van der Waals surface area contributed by atoms with Crippen LogP contribution in [-0.2, 0) is 10.3 Å². The Balaban J connectivity index is 1.46. The monoisotopic (exact) mass is 404 g/mol. The summed E-state index contributed by atoms with van der Waals surface area (Å²) in [5.74, 6) is 0.231. The number of nitrogens with one attached hydrogen (secondary N) is 1. The molecule has 1 aliphatic heterocycles. The van der Waals surface area contributed by atoms with E-state index in [4.69, 9.17) is 4.74 Å². The first-order chi connectivity index (χ1) is 14.4. The lowest BCUT2D eigenvalue weighted by atomic mass is 9.90. The Morgan fingerprint density at radius 2 is 1.73 bits per heavy atom. The number of amides is 3. The molecule has 1 heterocycles. The molecule has 0 unspecified atom stereocenters. The number of imide groups is 1. The Labute approximate surface area is 175 Å². The van der Waals surface area contributed by atoms with Gasteiger partial charge in [-0.25, -0.2) is 4.79 Å². The van der Waals surface area contributed by atoms with Gasteiger partial charge in [0.15, 0.2) is 0 Å². The molecule has 1 saturated heterocycles. The Morgan fingerprint density at radius 3 is 2.47 bits per heavy atom. The van der Waals surface area contributed by atoms with E-state index in [0.29, 0.717) is 11.3 Å². The molecule has 6 heteroatoms. The first-order valence-electron chi connectivity index (χ1n) is 9.88. The maximum Gasteiger partial charge on any atom is 0.325 e. The number of carbonyl (C=O) groups is 2. The lowest BCUT2D eigenvalue weighted by Gasteiger charge is -2.23. The highest BCUT2D eigenvalue weighted by Crippen LogP contribution is 2.31. The van der Waals surface area contributed by atoms with Gasteiger partial charge in [-0.1, -0.05) is 54.1 Å². The van der Waals surface area contributed by atoms with E-state index < -0.39 is 23.6 Å². The molecule has 30 heavy (non-hydrogen) atoms. The number of β-amino-alcohol motifs (C(OH)–C–C–N with tert-alkyl or cyclic N) is 1. The van der Waals surface area contributed by atoms with Gasteiger partial charge in [-0.2, -0.15) is 0 Å². The summed E-state index contributed by atoms with van der Waals surface area (Å²) in [5, 5.41) is 15.2. The summed E-state index contributed by atoms with van der Waals surface area (Å²) in [5.41, 5.74) is 0.626. The van der Waals surface area contributed by atoms with E-state index in [1.54, 1.807) is 6.92 Å². The molecule has 0 aromatic heterocycles. The molecule has 154 valence electrons. The van der Waals surface area contributed by atoms with E-state index >= 15 is 0 Å². The van der Waals surface area contributed by atoms with E-state index in [9.17, 15) is 14.7 Å². The highest BCUT2D eigenvalue weighted by Gasteiger charge is 2.49. The van der Waals surface area contributed by atoms with Crippen molar-refractivity contribution >= 4 is 22.7 Å². The van der Waals surface area contributed by atoms with Crippen molar-refractivity contribution in [2.24, 2.45) is 0 Å². The first kappa shape index (κ1) is 19.9. The van der Waals surface area contributed by atoms with Crippen LogP contribution in [0, 0.1) is 6.92 Å². The molecule has 3 aromatic carbocycles. The molecular weight excluding hydrogens is 380 g/mol. The molecule has 0 bridgehead atoms. The van der Waals surface area contributed by atoms with Gasteiger partial charge in [-0.3, -0.25) is 9.69 Å². The number of aryl methyl sites for hydroxylation is 1. The molecular formula is C24H24N2O4. The third-order valence-electron chi connectivity index (χ3n) is 5.46. The van der Waals surface area contributed by atoms with Crippen molar-refractivity contribution in [2.75, 3.05) is 13.2 Å². The summed E-state index contributed by atoms with van der Waals surface area (Å²) in [7, 11) is 0. The Morgan fingerprint density at radius 1 is 1.03 bits per heavy atom. The Bertz CT molecular complexity index is 1100. The van der Waals surface area contributed by atoms with Crippen molar-refractivity contribution in [2.45, 2.75) is 25.5 Å². The fourth-order valence-electron chi connectivity index (χ4n) is 3.65. The number of fused-ring (bicyclic) bond motifs is 1. The number of nitrogens with zero attached hydrogens (tertiary/aromatic N) is 1. The number of ether oxygens (including phenoxy) is 1. The maximum absolute atomic E-state index is 13.1. The second-order valence-corrected chi connectivity index (χ2v) is 7.81. The summed E-state index contributed by atoms with van der Waals surface area (Å²) >= 11 is 0. The van der Waals surface area contributed by atoms with E-state index in [1.807, 2.05) is 73.7 Å². The second kappa shape index (κ2) is 7.80. The molecule has 0 spiro atoms. The zero-order valence-corrected chi connectivity index (χ0v) is 17.0. The Hall–Kier alpha value is -3.38. The van der Waals surface area contributed by atoms with Crippen LogP contribution < -0.4 is 10.1 Å². The van der Waals surface area contributed by atoms with Crippen LogP contribution in [-0.4, -0.2) is 41.2 Å². The average Bonchev–Trinajstić information content (AvgIpc) is 2.97. The van der Waals surface area contributed by atoms with Crippen molar-refractivity contribution < 1.29 is 19.4 Å². The van der Waals surface area contributed by atoms with E-state index in [-0.39, 0.29) is 13.2 Å². The molecule has 0 saturated carbocycles. The SMILES string of the molecule is Cc1ccc(OC[C@@H](O)CN2C(=O)N[C@@](C)(c3ccc4ccccc4c3)C2=O)cc1. The van der Waals surface area contributed by atoms with Gasteiger partial charge in [-0.15, -0.1) is 0 Å². The molecule has 2 N–H and O–H groups in total. The van der Waals surface area contributed by atoms with E-state index in [2.05, 4.69) is 5.32 Å². The minimum absolute atomic E-state index is 0.0210. The summed E-state index contributed by atoms with van der Waals surface area (Å²) in [6, 6.07) is 20.5. The van der Waals surface area contributed by atoms with Crippen LogP contribution in [0.2, 0.25) is 0 Å². The van der Waals surface area contributed by atoms with Crippen molar-refractivity contribution in [3.05, 3.63) is 77.9 Å². The van der Waals surface area contributed by atoms with Gasteiger partial charge in [0.1, 0.15) is 24.0 Å². The average molecular weight is 404 g/mol. The highest BCUT2D eigenvalue weighted by molar-refractivity contribution is 6.07. The van der Waals surface area contributed by atoms with Gasteiger partial charge in [0.2, 0.25) is 0 Å². The lowest BCUT2D eigenvalue weighted by molar-refractivity contribution is -0.132. The zero-order chi connectivity index (χ0) is 21.3. The highest BCUT2D eigenvalue weighted by atomic mass is 16.5. The van der Waals surface area contributed by atoms with Crippen LogP contribution in [0.4, 0.5) is 4.79 Å². The standard InChI is InChI=1S/C24H24N2O4/c1-16-7-11-21(12-8-16)30-15-20(27)14-26-22(28)24(2,25-23(26)29)19-10-9-17-5-3-4-6-18(17)13-19/h3-13,20,27H,14-15H2,1-2H3,(H,25,29)/t20-,24-/m0/s1. The molecule has 0 aliphatic carbocycles. The van der Waals surface area contributed by atoms with Gasteiger partial charge in [0.05, 0.1) is 6.54 Å². The summed E-state index contributed by atoms with van der Waals surface area (Å²) < 4.78 is 5.57. The topological polar surface area (TPSA) is 78.9 Å². The molecule has 4 rings (SSSR count). The minimum atomic E-state index is -1.18. The predicted molar refractivity (Wildman–Crippen MR) is 114 cm³/mol. The summed E-state index contributed by atoms with van der Waals surface area (Å²) in [4.78, 5) is 26.7. The Kier molecular flexibility index (Phi) is 5.18. The van der Waals surface area contributed by atoms with Crippen LogP contribution in [0.1, 0.15) is 18.1 Å². The van der Waals surface area contributed by atoms with Crippen LogP contribution in [0.3, 0.4) is 0 Å². The van der Waals surface area contributed by atoms with Gasteiger partial charge in [0.25, 0.3) is 5.91 Å². The largest absolute Gasteiger partial charge is 0.491 e. The van der Waals surface area contributed by atoms with Crippen LogP contribution in [0.25, 0.3) is 10.8 Å². The number of rotatable bonds is 6. The van der Waals surface area contributed by atoms with Crippen LogP contribution in [0.15, 0.2) is 66.7 Å². The van der Waals surface area contributed by atoms with Crippen molar-refractivity contribution in [1.29, 1.82) is 0 Å². The van der Waals surface area contributed by atoms with Crippen LogP contribution in [0.5, 0.6) is 5.75 Å². The molecule has 0 radical (unpaired) electrons. The molecule has 6 nitrogen and oxygen atoms in total. The van der Waals surface area contributed by atoms with Gasteiger partial charge in [0, 0.05) is 0 Å². The third kappa shape index (κ3) is 3.74. The van der Waals surface area contributed by atoms with Crippen molar-refractivity contribution in [3.8, 4) is 5.75 Å². The van der Waals surface area contributed by atoms with E-state index in [1.165, 1.54) is 0 Å². The molecule has 1 aliphatic rings. The smallest absolute Gasteiger partial charge is 0.325 e. The normalized spacial score (nSPS) is 19.8. The molecule has 1 fully saturated rings. The maximum atomic E-state index is 13.1. The molecule has 2 atom stereocenters. The van der Waals surface area contributed by atoms with Gasteiger partial charge < -0.3 is 15.2 Å². The lowest BCUT2D eigenvalue weighted by Crippen LogP contribution is -2.42. The predicted octanol–water partition coefficient (Wildman–Crippen LogP) is 3.36. The van der Waals surface area contributed by atoms with Gasteiger partial charge in [-0.05, 0) is 48.4 Å². The number of carbonyl (C=O) groups excluding carboxylic acids is 2.